The molecule has 30 heavy (non-hydrogen) atoms. The van der Waals surface area contributed by atoms with Crippen molar-refractivity contribution in [3.05, 3.63) is 58.6 Å². The minimum atomic E-state index is -0.817. The van der Waals surface area contributed by atoms with Gasteiger partial charge in [0.1, 0.15) is 5.57 Å². The lowest BCUT2D eigenvalue weighted by atomic mass is 10.1. The van der Waals surface area contributed by atoms with Gasteiger partial charge in [-0.3, -0.25) is 14.9 Å². The van der Waals surface area contributed by atoms with E-state index >= 15 is 0 Å². The average Bonchev–Trinajstić information content (AvgIpc) is 2.72. The Labute approximate surface area is 179 Å². The minimum absolute atomic E-state index is 0.172. The van der Waals surface area contributed by atoms with Crippen molar-refractivity contribution in [2.75, 3.05) is 18.1 Å². The second kappa shape index (κ2) is 9.45. The van der Waals surface area contributed by atoms with Crippen LogP contribution in [0.4, 0.5) is 10.5 Å². The van der Waals surface area contributed by atoms with Crippen LogP contribution in [-0.4, -0.2) is 31.1 Å². The Morgan fingerprint density at radius 3 is 2.40 bits per heavy atom. The van der Waals surface area contributed by atoms with E-state index in [4.69, 9.17) is 21.1 Å². The molecule has 0 bridgehead atoms. The Morgan fingerprint density at radius 2 is 1.73 bits per heavy atom. The molecule has 2 aromatic carbocycles. The third-order valence-corrected chi connectivity index (χ3v) is 4.48. The number of urea groups is 1. The smallest absolute Gasteiger partial charge is 0.335 e. The molecule has 2 aromatic rings. The molecular formula is C22H21ClN2O5. The number of carbonyl (C=O) groups is 3. The molecule has 0 radical (unpaired) electrons. The second-order valence-corrected chi connectivity index (χ2v) is 6.86. The molecule has 8 heteroatoms. The number of barbiturate groups is 1. The highest BCUT2D eigenvalue weighted by Gasteiger charge is 2.36. The van der Waals surface area contributed by atoms with Gasteiger partial charge >= 0.3 is 6.03 Å². The molecule has 0 saturated carbocycles. The fraction of sp³-hybridized carbons (Fsp3) is 0.227. The van der Waals surface area contributed by atoms with E-state index in [-0.39, 0.29) is 5.57 Å². The maximum atomic E-state index is 12.9. The predicted molar refractivity (Wildman–Crippen MR) is 114 cm³/mol. The van der Waals surface area contributed by atoms with E-state index in [1.54, 1.807) is 30.3 Å². The number of rotatable bonds is 7. The molecule has 1 aliphatic heterocycles. The summed E-state index contributed by atoms with van der Waals surface area (Å²) in [6.07, 6.45) is 2.26. The number of nitrogens with zero attached hydrogens (tertiary/aromatic N) is 1. The van der Waals surface area contributed by atoms with E-state index in [2.05, 4.69) is 5.32 Å². The number of imide groups is 2. The zero-order valence-corrected chi connectivity index (χ0v) is 17.4. The largest absolute Gasteiger partial charge is 0.490 e. The number of anilines is 1. The first kappa shape index (κ1) is 21.4. The van der Waals surface area contributed by atoms with Crippen molar-refractivity contribution in [2.24, 2.45) is 0 Å². The molecule has 1 N–H and O–H groups in total. The molecule has 156 valence electrons. The second-order valence-electron chi connectivity index (χ2n) is 6.42. The van der Waals surface area contributed by atoms with Crippen molar-refractivity contribution >= 4 is 41.2 Å². The monoisotopic (exact) mass is 428 g/mol. The van der Waals surface area contributed by atoms with Gasteiger partial charge in [0.05, 0.1) is 18.9 Å². The number of benzene rings is 2. The van der Waals surface area contributed by atoms with Crippen LogP contribution >= 0.6 is 11.6 Å². The van der Waals surface area contributed by atoms with Gasteiger partial charge in [-0.1, -0.05) is 24.6 Å². The van der Waals surface area contributed by atoms with Crippen molar-refractivity contribution in [3.63, 3.8) is 0 Å². The molecule has 1 fully saturated rings. The van der Waals surface area contributed by atoms with Crippen LogP contribution in [0.5, 0.6) is 11.5 Å². The summed E-state index contributed by atoms with van der Waals surface area (Å²) in [7, 11) is 0. The Kier molecular flexibility index (Phi) is 6.74. The summed E-state index contributed by atoms with van der Waals surface area (Å²) < 4.78 is 11.3. The van der Waals surface area contributed by atoms with Crippen LogP contribution in [-0.2, 0) is 9.59 Å². The fourth-order valence-electron chi connectivity index (χ4n) is 2.86. The van der Waals surface area contributed by atoms with Crippen LogP contribution in [0.25, 0.3) is 6.08 Å². The highest BCUT2D eigenvalue weighted by atomic mass is 35.5. The van der Waals surface area contributed by atoms with Gasteiger partial charge in [0.2, 0.25) is 0 Å². The van der Waals surface area contributed by atoms with Gasteiger partial charge < -0.3 is 9.47 Å². The maximum Gasteiger partial charge on any atom is 0.335 e. The van der Waals surface area contributed by atoms with Crippen molar-refractivity contribution in [2.45, 2.75) is 20.3 Å². The molecule has 3 rings (SSSR count). The number of hydrogen-bond acceptors (Lipinski definition) is 5. The quantitative estimate of drug-likeness (QED) is 0.528. The highest BCUT2D eigenvalue weighted by molar-refractivity contribution is 6.39. The predicted octanol–water partition coefficient (Wildman–Crippen LogP) is 4.19. The summed E-state index contributed by atoms with van der Waals surface area (Å²) in [5.74, 6) is -0.400. The topological polar surface area (TPSA) is 84.9 Å². The first-order valence-corrected chi connectivity index (χ1v) is 9.89. The first-order chi connectivity index (χ1) is 14.4. The van der Waals surface area contributed by atoms with Gasteiger partial charge in [0.25, 0.3) is 11.8 Å². The van der Waals surface area contributed by atoms with Crippen LogP contribution in [0.2, 0.25) is 5.02 Å². The lowest BCUT2D eigenvalue weighted by Crippen LogP contribution is -2.54. The number of halogens is 1. The number of hydrogen-bond donors (Lipinski definition) is 1. The van der Waals surface area contributed by atoms with Crippen LogP contribution in [0.1, 0.15) is 25.8 Å². The molecule has 1 saturated heterocycles. The molecule has 1 heterocycles. The van der Waals surface area contributed by atoms with Crippen molar-refractivity contribution in [3.8, 4) is 11.5 Å². The van der Waals surface area contributed by atoms with Gasteiger partial charge in [0, 0.05) is 5.02 Å². The van der Waals surface area contributed by atoms with Crippen molar-refractivity contribution in [1.29, 1.82) is 0 Å². The normalized spacial score (nSPS) is 15.4. The SMILES string of the molecule is CCCOc1ccc(/C=C2\C(=O)NC(=O)N(c3ccc(Cl)cc3)C2=O)cc1OCC. The number of ether oxygens (including phenoxy) is 2. The van der Waals surface area contributed by atoms with E-state index in [9.17, 15) is 14.4 Å². The Hall–Kier alpha value is -3.32. The summed E-state index contributed by atoms with van der Waals surface area (Å²) in [6, 6.07) is 10.5. The Bertz CT molecular complexity index is 1000. The first-order valence-electron chi connectivity index (χ1n) is 9.51. The average molecular weight is 429 g/mol. The molecule has 0 unspecified atom stereocenters. The third kappa shape index (κ3) is 4.63. The van der Waals surface area contributed by atoms with E-state index in [0.29, 0.717) is 41.0 Å². The Morgan fingerprint density at radius 1 is 1.00 bits per heavy atom. The maximum absolute atomic E-state index is 12.9. The van der Waals surface area contributed by atoms with Crippen LogP contribution in [0, 0.1) is 0 Å². The van der Waals surface area contributed by atoms with Gasteiger partial charge in [-0.2, -0.15) is 0 Å². The summed E-state index contributed by atoms with van der Waals surface area (Å²) in [5, 5.41) is 2.65. The minimum Gasteiger partial charge on any atom is -0.490 e. The molecule has 4 amide bonds. The number of amides is 4. The van der Waals surface area contributed by atoms with Crippen LogP contribution in [0.3, 0.4) is 0 Å². The number of nitrogens with one attached hydrogen (secondary N) is 1. The van der Waals surface area contributed by atoms with E-state index in [1.807, 2.05) is 13.8 Å². The molecule has 7 nitrogen and oxygen atoms in total. The number of carbonyl (C=O) groups excluding carboxylic acids is 3. The van der Waals surface area contributed by atoms with Crippen molar-refractivity contribution in [1.82, 2.24) is 5.32 Å². The van der Waals surface area contributed by atoms with Crippen LogP contribution < -0.4 is 19.7 Å². The standard InChI is InChI=1S/C22H21ClN2O5/c1-3-11-30-18-10-5-14(13-19(18)29-4-2)12-17-20(26)24-22(28)25(21(17)27)16-8-6-15(23)7-9-16/h5-10,12-13H,3-4,11H2,1-2H3,(H,24,26,28)/b17-12+. The van der Waals surface area contributed by atoms with Gasteiger partial charge in [-0.25, -0.2) is 9.69 Å². The van der Waals surface area contributed by atoms with E-state index in [0.717, 1.165) is 11.3 Å². The molecule has 0 aromatic heterocycles. The zero-order valence-electron chi connectivity index (χ0n) is 16.6. The lowest BCUT2D eigenvalue weighted by Gasteiger charge is -2.26. The van der Waals surface area contributed by atoms with Gasteiger partial charge in [0.15, 0.2) is 11.5 Å². The highest BCUT2D eigenvalue weighted by Crippen LogP contribution is 2.30. The molecule has 1 aliphatic rings. The molecular weight excluding hydrogens is 408 g/mol. The third-order valence-electron chi connectivity index (χ3n) is 4.23. The molecule has 0 spiro atoms. The zero-order chi connectivity index (χ0) is 21.7. The fourth-order valence-corrected chi connectivity index (χ4v) is 2.99. The molecule has 0 aliphatic carbocycles. The summed E-state index contributed by atoms with van der Waals surface area (Å²) in [4.78, 5) is 38.4. The van der Waals surface area contributed by atoms with Gasteiger partial charge in [-0.15, -0.1) is 0 Å². The summed E-state index contributed by atoms with van der Waals surface area (Å²) >= 11 is 5.88. The summed E-state index contributed by atoms with van der Waals surface area (Å²) in [6.45, 7) is 4.82. The van der Waals surface area contributed by atoms with Crippen molar-refractivity contribution < 1.29 is 23.9 Å². The summed E-state index contributed by atoms with van der Waals surface area (Å²) in [5.41, 5.74) is 0.694. The Balaban J connectivity index is 1.95. The van der Waals surface area contributed by atoms with E-state index < -0.39 is 17.8 Å². The van der Waals surface area contributed by atoms with Gasteiger partial charge in [-0.05, 0) is 61.4 Å². The molecule has 0 atom stereocenters. The van der Waals surface area contributed by atoms with E-state index in [1.165, 1.54) is 18.2 Å². The van der Waals surface area contributed by atoms with Crippen LogP contribution in [0.15, 0.2) is 48.0 Å². The lowest BCUT2D eigenvalue weighted by molar-refractivity contribution is -0.122.